The maximum atomic E-state index is 12.9. The third kappa shape index (κ3) is 4.29. The molecular formula is C20H30N2O2. The third-order valence-electron chi connectivity index (χ3n) is 4.99. The highest BCUT2D eigenvalue weighted by molar-refractivity contribution is 5.94. The molecule has 2 saturated heterocycles. The summed E-state index contributed by atoms with van der Waals surface area (Å²) in [5.41, 5.74) is 0.778. The molecule has 132 valence electrons. The monoisotopic (exact) mass is 330 g/mol. The van der Waals surface area contributed by atoms with Gasteiger partial charge in [0, 0.05) is 24.7 Å². The average molecular weight is 330 g/mol. The summed E-state index contributed by atoms with van der Waals surface area (Å²) in [5.74, 6) is 1.52. The number of benzene rings is 1. The number of amides is 1. The zero-order chi connectivity index (χ0) is 16.9. The maximum absolute atomic E-state index is 12.9. The first-order valence-corrected chi connectivity index (χ1v) is 9.39. The van der Waals surface area contributed by atoms with E-state index in [0.29, 0.717) is 18.6 Å². The van der Waals surface area contributed by atoms with Crippen LogP contribution in [-0.2, 0) is 0 Å². The van der Waals surface area contributed by atoms with Crippen LogP contribution >= 0.6 is 0 Å². The van der Waals surface area contributed by atoms with Gasteiger partial charge in [0.1, 0.15) is 5.75 Å². The molecule has 1 aromatic carbocycles. The van der Waals surface area contributed by atoms with Gasteiger partial charge in [-0.2, -0.15) is 0 Å². The molecule has 4 heteroatoms. The Labute approximate surface area is 145 Å². The molecule has 2 fully saturated rings. The van der Waals surface area contributed by atoms with Crippen LogP contribution in [-0.4, -0.2) is 54.5 Å². The summed E-state index contributed by atoms with van der Waals surface area (Å²) in [7, 11) is 0. The van der Waals surface area contributed by atoms with E-state index in [2.05, 4.69) is 23.6 Å². The minimum absolute atomic E-state index is 0.173. The van der Waals surface area contributed by atoms with Gasteiger partial charge in [-0.05, 0) is 69.0 Å². The molecule has 0 unspecified atom stereocenters. The largest absolute Gasteiger partial charge is 0.493 e. The molecule has 0 bridgehead atoms. The first-order valence-electron chi connectivity index (χ1n) is 9.39. The van der Waals surface area contributed by atoms with Gasteiger partial charge in [0.15, 0.2) is 0 Å². The van der Waals surface area contributed by atoms with Crippen LogP contribution < -0.4 is 4.74 Å². The highest BCUT2D eigenvalue weighted by atomic mass is 16.5. The summed E-state index contributed by atoms with van der Waals surface area (Å²) in [5, 5.41) is 0. The Bertz CT molecular complexity index is 535. The van der Waals surface area contributed by atoms with Gasteiger partial charge >= 0.3 is 0 Å². The molecule has 0 saturated carbocycles. The van der Waals surface area contributed by atoms with Crippen molar-refractivity contribution in [2.75, 3.05) is 32.8 Å². The van der Waals surface area contributed by atoms with E-state index in [-0.39, 0.29) is 5.91 Å². The molecular weight excluding hydrogens is 300 g/mol. The quantitative estimate of drug-likeness (QED) is 0.801. The Kier molecular flexibility index (Phi) is 5.77. The molecule has 4 nitrogen and oxygen atoms in total. The Morgan fingerprint density at radius 1 is 1.12 bits per heavy atom. The molecule has 3 rings (SSSR count). The zero-order valence-corrected chi connectivity index (χ0v) is 15.0. The fourth-order valence-electron chi connectivity index (χ4n) is 3.68. The highest BCUT2D eigenvalue weighted by Gasteiger charge is 2.31. The van der Waals surface area contributed by atoms with Crippen LogP contribution in [0.2, 0.25) is 0 Å². The average Bonchev–Trinajstić information content (AvgIpc) is 3.25. The molecule has 2 aliphatic rings. The fourth-order valence-corrected chi connectivity index (χ4v) is 3.68. The van der Waals surface area contributed by atoms with Crippen LogP contribution in [0.15, 0.2) is 24.3 Å². The van der Waals surface area contributed by atoms with E-state index in [9.17, 15) is 4.79 Å². The summed E-state index contributed by atoms with van der Waals surface area (Å²) >= 11 is 0. The number of likely N-dealkylation sites (tertiary alicyclic amines) is 2. The number of nitrogens with zero attached hydrogens (tertiary/aromatic N) is 2. The number of hydrogen-bond acceptors (Lipinski definition) is 3. The van der Waals surface area contributed by atoms with Crippen molar-refractivity contribution < 1.29 is 9.53 Å². The maximum Gasteiger partial charge on any atom is 0.254 e. The lowest BCUT2D eigenvalue weighted by Crippen LogP contribution is -2.42. The van der Waals surface area contributed by atoms with Gasteiger partial charge in [-0.3, -0.25) is 4.79 Å². The van der Waals surface area contributed by atoms with Crippen LogP contribution in [0.25, 0.3) is 0 Å². The molecule has 2 heterocycles. The smallest absolute Gasteiger partial charge is 0.254 e. The molecule has 1 aromatic rings. The molecule has 0 radical (unpaired) electrons. The van der Waals surface area contributed by atoms with Crippen molar-refractivity contribution in [2.24, 2.45) is 5.92 Å². The Hall–Kier alpha value is -1.55. The molecule has 0 spiro atoms. The van der Waals surface area contributed by atoms with Crippen LogP contribution in [0.3, 0.4) is 0 Å². The predicted octanol–water partition coefficient (Wildman–Crippen LogP) is 3.42. The fraction of sp³-hybridized carbons (Fsp3) is 0.650. The van der Waals surface area contributed by atoms with Crippen LogP contribution in [0.1, 0.15) is 49.9 Å². The van der Waals surface area contributed by atoms with Crippen LogP contribution in [0, 0.1) is 5.92 Å². The molecule has 0 aromatic heterocycles. The molecule has 1 amide bonds. The van der Waals surface area contributed by atoms with Gasteiger partial charge < -0.3 is 14.5 Å². The first kappa shape index (κ1) is 17.3. The van der Waals surface area contributed by atoms with Crippen molar-refractivity contribution in [3.05, 3.63) is 29.8 Å². The molecule has 24 heavy (non-hydrogen) atoms. The molecule has 0 aliphatic carbocycles. The molecule has 1 atom stereocenters. The minimum atomic E-state index is 0.173. The van der Waals surface area contributed by atoms with E-state index < -0.39 is 0 Å². The summed E-state index contributed by atoms with van der Waals surface area (Å²) in [6.07, 6.45) is 4.87. The van der Waals surface area contributed by atoms with Crippen molar-refractivity contribution >= 4 is 5.91 Å². The molecule has 0 N–H and O–H groups in total. The lowest BCUT2D eigenvalue weighted by atomic mass is 10.1. The minimum Gasteiger partial charge on any atom is -0.493 e. The summed E-state index contributed by atoms with van der Waals surface area (Å²) in [6, 6.07) is 8.03. The lowest BCUT2D eigenvalue weighted by Gasteiger charge is -2.28. The van der Waals surface area contributed by atoms with Crippen molar-refractivity contribution in [2.45, 2.75) is 45.6 Å². The summed E-state index contributed by atoms with van der Waals surface area (Å²) in [4.78, 5) is 17.5. The second-order valence-electron chi connectivity index (χ2n) is 7.53. The van der Waals surface area contributed by atoms with Gasteiger partial charge in [-0.15, -0.1) is 0 Å². The second-order valence-corrected chi connectivity index (χ2v) is 7.53. The van der Waals surface area contributed by atoms with Crippen LogP contribution in [0.5, 0.6) is 5.75 Å². The van der Waals surface area contributed by atoms with Crippen molar-refractivity contribution in [3.63, 3.8) is 0 Å². The standard InChI is InChI=1S/C20H30N2O2/c1-16(2)15-24-19-9-7-17(8-10-19)20(23)22-13-5-6-18(22)14-21-11-3-4-12-21/h7-10,16,18H,3-6,11-15H2,1-2H3/t18-/m0/s1. The molecule has 2 aliphatic heterocycles. The normalized spacial score (nSPS) is 21.6. The van der Waals surface area contributed by atoms with Crippen molar-refractivity contribution in [1.82, 2.24) is 9.80 Å². The third-order valence-corrected chi connectivity index (χ3v) is 4.99. The van der Waals surface area contributed by atoms with E-state index in [4.69, 9.17) is 4.74 Å². The van der Waals surface area contributed by atoms with Crippen molar-refractivity contribution in [3.8, 4) is 5.75 Å². The predicted molar refractivity (Wildman–Crippen MR) is 96.5 cm³/mol. The van der Waals surface area contributed by atoms with E-state index in [1.54, 1.807) is 0 Å². The van der Waals surface area contributed by atoms with Crippen LogP contribution in [0.4, 0.5) is 0 Å². The highest BCUT2D eigenvalue weighted by Crippen LogP contribution is 2.23. The van der Waals surface area contributed by atoms with E-state index in [1.165, 1.54) is 25.9 Å². The number of rotatable bonds is 6. The number of hydrogen-bond donors (Lipinski definition) is 0. The summed E-state index contributed by atoms with van der Waals surface area (Å²) in [6.45, 7) is 9.29. The number of carbonyl (C=O) groups excluding carboxylic acids is 1. The Balaban J connectivity index is 1.59. The SMILES string of the molecule is CC(C)COc1ccc(C(=O)N2CCC[C@H]2CN2CCCC2)cc1. The van der Waals surface area contributed by atoms with Gasteiger partial charge in [0.05, 0.1) is 6.61 Å². The van der Waals surface area contributed by atoms with E-state index in [0.717, 1.165) is 37.2 Å². The number of ether oxygens (including phenoxy) is 1. The van der Waals surface area contributed by atoms with Gasteiger partial charge in [0.25, 0.3) is 5.91 Å². The van der Waals surface area contributed by atoms with Gasteiger partial charge in [-0.1, -0.05) is 13.8 Å². The van der Waals surface area contributed by atoms with Gasteiger partial charge in [0.2, 0.25) is 0 Å². The Morgan fingerprint density at radius 3 is 2.50 bits per heavy atom. The first-order chi connectivity index (χ1) is 11.6. The summed E-state index contributed by atoms with van der Waals surface area (Å²) < 4.78 is 5.71. The van der Waals surface area contributed by atoms with Gasteiger partial charge in [-0.25, -0.2) is 0 Å². The van der Waals surface area contributed by atoms with E-state index in [1.807, 2.05) is 24.3 Å². The van der Waals surface area contributed by atoms with Crippen molar-refractivity contribution in [1.29, 1.82) is 0 Å². The Morgan fingerprint density at radius 2 is 1.83 bits per heavy atom. The van der Waals surface area contributed by atoms with E-state index >= 15 is 0 Å². The second kappa shape index (κ2) is 8.02. The number of carbonyl (C=O) groups is 1. The topological polar surface area (TPSA) is 32.8 Å². The lowest BCUT2D eigenvalue weighted by molar-refractivity contribution is 0.0708. The zero-order valence-electron chi connectivity index (χ0n) is 15.0.